The molecule has 1 aromatic heterocycles. The van der Waals surface area contributed by atoms with E-state index in [0.717, 1.165) is 42.2 Å². The number of rotatable bonds is 10. The number of hydrogen-bond donors (Lipinski definition) is 1. The zero-order valence-corrected chi connectivity index (χ0v) is 20.2. The summed E-state index contributed by atoms with van der Waals surface area (Å²) < 4.78 is 10.6. The van der Waals surface area contributed by atoms with Gasteiger partial charge in [-0.05, 0) is 73.5 Å². The molecule has 1 aliphatic heterocycles. The molecule has 184 valence electrons. The van der Waals surface area contributed by atoms with E-state index in [9.17, 15) is 9.59 Å². The first-order valence-electron chi connectivity index (χ1n) is 12.2. The highest BCUT2D eigenvalue weighted by atomic mass is 16.5. The molecule has 1 fully saturated rings. The van der Waals surface area contributed by atoms with Gasteiger partial charge in [-0.25, -0.2) is 0 Å². The molecular formula is C28H33N3O4. The fraction of sp³-hybridized carbons (Fsp3) is 0.357. The molecule has 35 heavy (non-hydrogen) atoms. The summed E-state index contributed by atoms with van der Waals surface area (Å²) in [5.74, 6) is 0.817. The van der Waals surface area contributed by atoms with Gasteiger partial charge in [0.2, 0.25) is 5.91 Å². The summed E-state index contributed by atoms with van der Waals surface area (Å²) >= 11 is 0. The quantitative estimate of drug-likeness (QED) is 0.474. The van der Waals surface area contributed by atoms with E-state index in [1.54, 1.807) is 24.1 Å². The highest BCUT2D eigenvalue weighted by Gasteiger charge is 2.21. The van der Waals surface area contributed by atoms with E-state index < -0.39 is 0 Å². The van der Waals surface area contributed by atoms with Gasteiger partial charge in [0.1, 0.15) is 5.75 Å². The van der Waals surface area contributed by atoms with Gasteiger partial charge in [0.25, 0.3) is 5.91 Å². The van der Waals surface area contributed by atoms with Crippen molar-refractivity contribution in [2.75, 3.05) is 38.2 Å². The SMILES string of the molecule is COc1ccc(CN(C(=O)c2ccco2)c2ccc(CC(=O)NCCN3CCCCC3)cc2)cc1. The Balaban J connectivity index is 1.39. The van der Waals surface area contributed by atoms with Crippen LogP contribution in [0.1, 0.15) is 40.9 Å². The number of nitrogens with one attached hydrogen (secondary N) is 1. The van der Waals surface area contributed by atoms with Crippen LogP contribution in [0.5, 0.6) is 5.75 Å². The smallest absolute Gasteiger partial charge is 0.294 e. The maximum atomic E-state index is 13.2. The molecule has 1 aliphatic rings. The average molecular weight is 476 g/mol. The molecule has 1 N–H and O–H groups in total. The molecule has 1 saturated heterocycles. The van der Waals surface area contributed by atoms with Gasteiger partial charge in [0, 0.05) is 18.8 Å². The largest absolute Gasteiger partial charge is 0.497 e. The maximum Gasteiger partial charge on any atom is 0.294 e. The molecule has 2 heterocycles. The van der Waals surface area contributed by atoms with Crippen molar-refractivity contribution in [3.63, 3.8) is 0 Å². The van der Waals surface area contributed by atoms with E-state index in [0.29, 0.717) is 19.5 Å². The van der Waals surface area contributed by atoms with Crippen molar-refractivity contribution >= 4 is 17.5 Å². The standard InChI is InChI=1S/C28H33N3O4/c1-34-25-13-9-23(10-14-25)21-31(28(33)26-6-5-19-35-26)24-11-7-22(8-12-24)20-27(32)29-15-18-30-16-3-2-4-17-30/h5-14,19H,2-4,15-18,20-21H2,1H3,(H,29,32). The third kappa shape index (κ3) is 6.96. The molecule has 2 amide bonds. The molecular weight excluding hydrogens is 442 g/mol. The van der Waals surface area contributed by atoms with Gasteiger partial charge in [-0.1, -0.05) is 30.7 Å². The number of ether oxygens (including phenoxy) is 1. The van der Waals surface area contributed by atoms with Crippen LogP contribution < -0.4 is 15.0 Å². The monoisotopic (exact) mass is 475 g/mol. The second-order valence-electron chi connectivity index (χ2n) is 8.81. The maximum absolute atomic E-state index is 13.2. The molecule has 0 aliphatic carbocycles. The van der Waals surface area contributed by atoms with E-state index in [-0.39, 0.29) is 17.6 Å². The first kappa shape index (κ1) is 24.5. The van der Waals surface area contributed by atoms with E-state index in [2.05, 4.69) is 10.2 Å². The van der Waals surface area contributed by atoms with Crippen molar-refractivity contribution in [3.8, 4) is 5.75 Å². The van der Waals surface area contributed by atoms with Crippen LogP contribution in [0.15, 0.2) is 71.3 Å². The number of nitrogens with zero attached hydrogens (tertiary/aromatic N) is 2. The summed E-state index contributed by atoms with van der Waals surface area (Å²) in [5, 5.41) is 3.03. The number of amides is 2. The zero-order valence-electron chi connectivity index (χ0n) is 20.2. The highest BCUT2D eigenvalue weighted by molar-refractivity contribution is 6.04. The lowest BCUT2D eigenvalue weighted by atomic mass is 10.1. The fourth-order valence-electron chi connectivity index (χ4n) is 4.31. The summed E-state index contributed by atoms with van der Waals surface area (Å²) in [6, 6.07) is 18.5. The van der Waals surface area contributed by atoms with Crippen LogP contribution in [-0.4, -0.2) is 50.0 Å². The van der Waals surface area contributed by atoms with Crippen LogP contribution in [0.4, 0.5) is 5.69 Å². The summed E-state index contributed by atoms with van der Waals surface area (Å²) in [6.45, 7) is 4.20. The molecule has 0 atom stereocenters. The minimum absolute atomic E-state index is 0.0107. The van der Waals surface area contributed by atoms with Crippen molar-refractivity contribution in [2.24, 2.45) is 0 Å². The second-order valence-corrected chi connectivity index (χ2v) is 8.81. The number of benzene rings is 2. The number of furan rings is 1. The van der Waals surface area contributed by atoms with Crippen LogP contribution in [0.25, 0.3) is 0 Å². The van der Waals surface area contributed by atoms with Gasteiger partial charge < -0.3 is 24.3 Å². The number of anilines is 1. The van der Waals surface area contributed by atoms with Crippen molar-refractivity contribution in [3.05, 3.63) is 83.8 Å². The van der Waals surface area contributed by atoms with Gasteiger partial charge in [-0.2, -0.15) is 0 Å². The number of carbonyl (C=O) groups is 2. The van der Waals surface area contributed by atoms with Crippen molar-refractivity contribution < 1.29 is 18.7 Å². The van der Waals surface area contributed by atoms with E-state index >= 15 is 0 Å². The van der Waals surface area contributed by atoms with Crippen LogP contribution in [-0.2, 0) is 17.8 Å². The number of methoxy groups -OCH3 is 1. The normalized spacial score (nSPS) is 13.9. The molecule has 7 heteroatoms. The van der Waals surface area contributed by atoms with Gasteiger partial charge in [-0.3, -0.25) is 9.59 Å². The summed E-state index contributed by atoms with van der Waals surface area (Å²) in [4.78, 5) is 29.7. The van der Waals surface area contributed by atoms with Crippen molar-refractivity contribution in [1.29, 1.82) is 0 Å². The van der Waals surface area contributed by atoms with Crippen LogP contribution >= 0.6 is 0 Å². The minimum atomic E-state index is -0.228. The minimum Gasteiger partial charge on any atom is -0.497 e. The van der Waals surface area contributed by atoms with Gasteiger partial charge in [-0.15, -0.1) is 0 Å². The first-order chi connectivity index (χ1) is 17.1. The third-order valence-electron chi connectivity index (χ3n) is 6.29. The second kappa shape index (κ2) is 12.2. The zero-order chi connectivity index (χ0) is 24.5. The Labute approximate surface area is 206 Å². The van der Waals surface area contributed by atoms with Gasteiger partial charge in [0.15, 0.2) is 5.76 Å². The molecule has 0 radical (unpaired) electrons. The molecule has 0 spiro atoms. The van der Waals surface area contributed by atoms with Gasteiger partial charge in [0.05, 0.1) is 26.3 Å². The molecule has 2 aromatic carbocycles. The Morgan fingerprint density at radius 2 is 1.69 bits per heavy atom. The Morgan fingerprint density at radius 1 is 0.971 bits per heavy atom. The van der Waals surface area contributed by atoms with E-state index in [1.165, 1.54) is 25.5 Å². The predicted molar refractivity (Wildman–Crippen MR) is 136 cm³/mol. The number of hydrogen-bond acceptors (Lipinski definition) is 5. The van der Waals surface area contributed by atoms with Crippen LogP contribution in [0, 0.1) is 0 Å². The predicted octanol–water partition coefficient (Wildman–Crippen LogP) is 4.28. The van der Waals surface area contributed by atoms with Crippen molar-refractivity contribution in [1.82, 2.24) is 10.2 Å². The fourth-order valence-corrected chi connectivity index (χ4v) is 4.31. The molecule has 7 nitrogen and oxygen atoms in total. The van der Waals surface area contributed by atoms with E-state index in [1.807, 2.05) is 48.5 Å². The molecule has 0 saturated carbocycles. The Kier molecular flexibility index (Phi) is 8.57. The Morgan fingerprint density at radius 3 is 2.34 bits per heavy atom. The van der Waals surface area contributed by atoms with Crippen LogP contribution in [0.3, 0.4) is 0 Å². The average Bonchev–Trinajstić information content (AvgIpc) is 3.44. The van der Waals surface area contributed by atoms with Crippen molar-refractivity contribution in [2.45, 2.75) is 32.2 Å². The molecule has 0 bridgehead atoms. The third-order valence-corrected chi connectivity index (χ3v) is 6.29. The lowest BCUT2D eigenvalue weighted by molar-refractivity contribution is -0.120. The lowest BCUT2D eigenvalue weighted by Gasteiger charge is -2.26. The Bertz CT molecular complexity index is 1070. The Hall–Kier alpha value is -3.58. The molecule has 0 unspecified atom stereocenters. The number of likely N-dealkylation sites (tertiary alicyclic amines) is 1. The first-order valence-corrected chi connectivity index (χ1v) is 12.2. The molecule has 3 aromatic rings. The number of piperidine rings is 1. The van der Waals surface area contributed by atoms with Crippen LogP contribution in [0.2, 0.25) is 0 Å². The summed E-state index contributed by atoms with van der Waals surface area (Å²) in [5.41, 5.74) is 2.60. The lowest BCUT2D eigenvalue weighted by Crippen LogP contribution is -2.38. The van der Waals surface area contributed by atoms with Gasteiger partial charge >= 0.3 is 0 Å². The highest BCUT2D eigenvalue weighted by Crippen LogP contribution is 2.23. The number of carbonyl (C=O) groups excluding carboxylic acids is 2. The van der Waals surface area contributed by atoms with E-state index in [4.69, 9.17) is 9.15 Å². The topological polar surface area (TPSA) is 75.0 Å². The molecule has 4 rings (SSSR count). The summed E-state index contributed by atoms with van der Waals surface area (Å²) in [6.07, 6.45) is 5.61. The summed E-state index contributed by atoms with van der Waals surface area (Å²) in [7, 11) is 1.62.